The van der Waals surface area contributed by atoms with E-state index in [1.165, 1.54) is 6.42 Å². The van der Waals surface area contributed by atoms with Crippen molar-refractivity contribution in [2.24, 2.45) is 11.7 Å². The molecule has 3 aromatic rings. The molecule has 0 unspecified atom stereocenters. The predicted molar refractivity (Wildman–Crippen MR) is 149 cm³/mol. The number of nitrogens with two attached hydrogens (primary N) is 2. The van der Waals surface area contributed by atoms with Gasteiger partial charge in [0.1, 0.15) is 11.6 Å². The normalized spacial score (nSPS) is 14.1. The smallest absolute Gasteiger partial charge is 0.255 e. The van der Waals surface area contributed by atoms with Gasteiger partial charge in [0, 0.05) is 43.0 Å². The fourth-order valence-corrected chi connectivity index (χ4v) is 4.69. The number of nitrogens with zero attached hydrogens (tertiary/aromatic N) is 3. The molecule has 9 heteroatoms. The van der Waals surface area contributed by atoms with Crippen molar-refractivity contribution in [3.8, 4) is 0 Å². The molecular weight excluding hydrogens is 466 g/mol. The van der Waals surface area contributed by atoms with E-state index in [1.54, 1.807) is 18.3 Å². The molecule has 0 radical (unpaired) electrons. The van der Waals surface area contributed by atoms with Crippen molar-refractivity contribution < 1.29 is 9.59 Å². The SMILES string of the molecule is CCCCCc1cc2ccc(C(=O)Nc3ccc(N4CCC(C(=O)NCCN)CC4)nc3)cc2nc1N. The van der Waals surface area contributed by atoms with Crippen molar-refractivity contribution in [2.45, 2.75) is 45.4 Å². The Morgan fingerprint density at radius 2 is 1.92 bits per heavy atom. The van der Waals surface area contributed by atoms with Crippen LogP contribution in [0.4, 0.5) is 17.3 Å². The first kappa shape index (κ1) is 26.3. The second-order valence-electron chi connectivity index (χ2n) is 9.60. The second-order valence-corrected chi connectivity index (χ2v) is 9.60. The molecule has 9 nitrogen and oxygen atoms in total. The number of anilines is 3. The number of aromatic nitrogens is 2. The molecule has 0 bridgehead atoms. The molecule has 1 aliphatic rings. The zero-order chi connectivity index (χ0) is 26.2. The van der Waals surface area contributed by atoms with Gasteiger partial charge in [0.2, 0.25) is 5.91 Å². The third-order valence-corrected chi connectivity index (χ3v) is 6.88. The zero-order valence-corrected chi connectivity index (χ0v) is 21.5. The number of amides is 2. The molecule has 37 heavy (non-hydrogen) atoms. The summed E-state index contributed by atoms with van der Waals surface area (Å²) in [5.74, 6) is 1.23. The second kappa shape index (κ2) is 12.5. The van der Waals surface area contributed by atoms with Gasteiger partial charge in [0.15, 0.2) is 0 Å². The highest BCUT2D eigenvalue weighted by Crippen LogP contribution is 2.24. The van der Waals surface area contributed by atoms with Crippen LogP contribution in [0, 0.1) is 5.92 Å². The van der Waals surface area contributed by atoms with Gasteiger partial charge in [0.05, 0.1) is 17.4 Å². The standard InChI is InChI=1S/C28H37N7O2/c1-2-3-4-5-21-16-20-6-7-22(17-24(20)34-26(21)30)28(37)33-23-8-9-25(32-18-23)35-14-10-19(11-15-35)27(36)31-13-12-29/h6-9,16-19H,2-5,10-15,29H2,1H3,(H2,30,34)(H,31,36)(H,33,37). The number of nitrogen functional groups attached to an aromatic ring is 1. The van der Waals surface area contributed by atoms with Crippen LogP contribution >= 0.6 is 0 Å². The summed E-state index contributed by atoms with van der Waals surface area (Å²) in [6, 6.07) is 11.3. The molecule has 4 rings (SSSR count). The lowest BCUT2D eigenvalue weighted by Crippen LogP contribution is -2.42. The number of hydrogen-bond acceptors (Lipinski definition) is 7. The molecule has 1 aliphatic heterocycles. The first-order valence-corrected chi connectivity index (χ1v) is 13.2. The van der Waals surface area contributed by atoms with Crippen molar-refractivity contribution in [3.63, 3.8) is 0 Å². The molecule has 0 spiro atoms. The van der Waals surface area contributed by atoms with E-state index in [9.17, 15) is 9.59 Å². The maximum absolute atomic E-state index is 12.9. The summed E-state index contributed by atoms with van der Waals surface area (Å²) in [6.45, 7) is 4.65. The van der Waals surface area contributed by atoms with Gasteiger partial charge < -0.3 is 27.0 Å². The van der Waals surface area contributed by atoms with Crippen molar-refractivity contribution in [3.05, 3.63) is 53.7 Å². The van der Waals surface area contributed by atoms with Gasteiger partial charge in [-0.05, 0) is 61.6 Å². The molecule has 0 atom stereocenters. The average Bonchev–Trinajstić information content (AvgIpc) is 2.92. The highest BCUT2D eigenvalue weighted by atomic mass is 16.2. The lowest BCUT2D eigenvalue weighted by molar-refractivity contribution is -0.125. The molecule has 0 aliphatic carbocycles. The van der Waals surface area contributed by atoms with Crippen LogP contribution in [0.5, 0.6) is 0 Å². The number of benzene rings is 1. The van der Waals surface area contributed by atoms with Crippen LogP contribution in [0.1, 0.15) is 54.9 Å². The largest absolute Gasteiger partial charge is 0.383 e. The maximum Gasteiger partial charge on any atom is 0.255 e. The Morgan fingerprint density at radius 1 is 1.11 bits per heavy atom. The molecule has 0 saturated carbocycles. The number of hydrogen-bond donors (Lipinski definition) is 4. The minimum atomic E-state index is -0.229. The monoisotopic (exact) mass is 503 g/mol. The molecule has 1 saturated heterocycles. The fraction of sp³-hybridized carbons (Fsp3) is 0.429. The van der Waals surface area contributed by atoms with E-state index >= 15 is 0 Å². The van der Waals surface area contributed by atoms with Gasteiger partial charge in [-0.1, -0.05) is 25.8 Å². The van der Waals surface area contributed by atoms with E-state index in [0.717, 1.165) is 62.0 Å². The summed E-state index contributed by atoms with van der Waals surface area (Å²) in [4.78, 5) is 36.3. The lowest BCUT2D eigenvalue weighted by Gasteiger charge is -2.32. The first-order valence-electron chi connectivity index (χ1n) is 13.2. The van der Waals surface area contributed by atoms with E-state index in [0.29, 0.717) is 35.7 Å². The van der Waals surface area contributed by atoms with Crippen molar-refractivity contribution in [1.29, 1.82) is 0 Å². The quantitative estimate of drug-likeness (QED) is 0.311. The Morgan fingerprint density at radius 3 is 2.62 bits per heavy atom. The van der Waals surface area contributed by atoms with E-state index < -0.39 is 0 Å². The van der Waals surface area contributed by atoms with Gasteiger partial charge in [0.25, 0.3) is 5.91 Å². The van der Waals surface area contributed by atoms with Gasteiger partial charge in [-0.25, -0.2) is 9.97 Å². The number of rotatable bonds is 10. The highest BCUT2D eigenvalue weighted by Gasteiger charge is 2.25. The van der Waals surface area contributed by atoms with Crippen LogP contribution in [-0.4, -0.2) is 48.0 Å². The van der Waals surface area contributed by atoms with E-state index in [1.807, 2.05) is 18.2 Å². The highest BCUT2D eigenvalue weighted by molar-refractivity contribution is 6.06. The van der Waals surface area contributed by atoms with E-state index in [2.05, 4.69) is 38.5 Å². The van der Waals surface area contributed by atoms with E-state index in [-0.39, 0.29) is 17.7 Å². The number of aryl methyl sites for hydroxylation is 1. The van der Waals surface area contributed by atoms with Crippen LogP contribution in [0.15, 0.2) is 42.6 Å². The number of nitrogens with one attached hydrogen (secondary N) is 2. The summed E-state index contributed by atoms with van der Waals surface area (Å²) in [7, 11) is 0. The minimum Gasteiger partial charge on any atom is -0.383 e. The Hall–Kier alpha value is -3.72. The van der Waals surface area contributed by atoms with E-state index in [4.69, 9.17) is 11.5 Å². The Labute approximate surface area is 218 Å². The average molecular weight is 504 g/mol. The fourth-order valence-electron chi connectivity index (χ4n) is 4.69. The third kappa shape index (κ3) is 6.74. The van der Waals surface area contributed by atoms with Crippen LogP contribution in [0.3, 0.4) is 0 Å². The predicted octanol–water partition coefficient (Wildman–Crippen LogP) is 3.49. The Kier molecular flexibility index (Phi) is 8.90. The maximum atomic E-state index is 12.9. The summed E-state index contributed by atoms with van der Waals surface area (Å²) in [6.07, 6.45) is 7.54. The molecule has 1 fully saturated rings. The van der Waals surface area contributed by atoms with Gasteiger partial charge >= 0.3 is 0 Å². The third-order valence-electron chi connectivity index (χ3n) is 6.88. The minimum absolute atomic E-state index is 0.0146. The van der Waals surface area contributed by atoms with Gasteiger partial charge in [-0.15, -0.1) is 0 Å². The number of pyridine rings is 2. The zero-order valence-electron chi connectivity index (χ0n) is 21.5. The molecule has 196 valence electrons. The topological polar surface area (TPSA) is 139 Å². The van der Waals surface area contributed by atoms with Crippen molar-refractivity contribution >= 4 is 40.0 Å². The van der Waals surface area contributed by atoms with Crippen molar-refractivity contribution in [2.75, 3.05) is 42.1 Å². The van der Waals surface area contributed by atoms with Crippen LogP contribution in [0.2, 0.25) is 0 Å². The Bertz CT molecular complexity index is 1220. The summed E-state index contributed by atoms with van der Waals surface area (Å²) >= 11 is 0. The summed E-state index contributed by atoms with van der Waals surface area (Å²) in [5.41, 5.74) is 14.5. The summed E-state index contributed by atoms with van der Waals surface area (Å²) < 4.78 is 0. The van der Waals surface area contributed by atoms with Crippen molar-refractivity contribution in [1.82, 2.24) is 15.3 Å². The number of carbonyl (C=O) groups excluding carboxylic acids is 2. The number of carbonyl (C=O) groups is 2. The van der Waals surface area contributed by atoms with Gasteiger partial charge in [-0.3, -0.25) is 9.59 Å². The molecule has 1 aromatic carbocycles. The molecule has 6 N–H and O–H groups in total. The van der Waals surface area contributed by atoms with Crippen LogP contribution < -0.4 is 27.0 Å². The van der Waals surface area contributed by atoms with Crippen LogP contribution in [-0.2, 0) is 11.2 Å². The molecule has 2 aromatic heterocycles. The van der Waals surface area contributed by atoms with Gasteiger partial charge in [-0.2, -0.15) is 0 Å². The molecular formula is C28H37N7O2. The first-order chi connectivity index (χ1) is 18.0. The molecule has 2 amide bonds. The molecule has 3 heterocycles. The number of fused-ring (bicyclic) bond motifs is 1. The summed E-state index contributed by atoms with van der Waals surface area (Å²) in [5, 5.41) is 6.76. The van der Waals surface area contributed by atoms with Crippen LogP contribution in [0.25, 0.3) is 10.9 Å². The lowest BCUT2D eigenvalue weighted by atomic mass is 9.96. The Balaban J connectivity index is 1.35. The number of unbranched alkanes of at least 4 members (excludes halogenated alkanes) is 2. The number of piperidine rings is 1.